The standard InChI is InChI=1S/C7H17N2/c1-8(2)9(3)6-4-5-7-9/h4-7H2,1-3H3/q+1. The van der Waals surface area contributed by atoms with E-state index in [2.05, 4.69) is 26.2 Å². The van der Waals surface area contributed by atoms with Crippen molar-refractivity contribution in [1.29, 1.82) is 0 Å². The molecular weight excluding hydrogens is 112 g/mol. The van der Waals surface area contributed by atoms with Crippen LogP contribution in [0.5, 0.6) is 0 Å². The van der Waals surface area contributed by atoms with Crippen molar-refractivity contribution in [3.05, 3.63) is 0 Å². The normalized spacial score (nSPS) is 25.3. The molecule has 0 spiro atoms. The zero-order chi connectivity index (χ0) is 6.91. The van der Waals surface area contributed by atoms with Gasteiger partial charge in [-0.3, -0.25) is 0 Å². The molecule has 1 aliphatic rings. The highest BCUT2D eigenvalue weighted by atomic mass is 15.7. The molecule has 0 unspecified atom stereocenters. The first-order chi connectivity index (χ1) is 4.15. The fraction of sp³-hybridized carbons (Fsp3) is 1.00. The van der Waals surface area contributed by atoms with Crippen molar-refractivity contribution in [2.45, 2.75) is 12.8 Å². The molecule has 0 amide bonds. The van der Waals surface area contributed by atoms with Gasteiger partial charge in [-0.1, -0.05) is 0 Å². The van der Waals surface area contributed by atoms with Gasteiger partial charge < -0.3 is 0 Å². The largest absolute Gasteiger partial charge is 0.246 e. The Balaban J connectivity index is 2.51. The molecular formula is C7H17N2+. The molecule has 0 bridgehead atoms. The lowest BCUT2D eigenvalue weighted by Gasteiger charge is -2.34. The van der Waals surface area contributed by atoms with Crippen LogP contribution in [-0.4, -0.2) is 43.8 Å². The zero-order valence-corrected chi connectivity index (χ0v) is 6.72. The van der Waals surface area contributed by atoms with Crippen molar-refractivity contribution in [2.24, 2.45) is 0 Å². The van der Waals surface area contributed by atoms with Gasteiger partial charge in [-0.25, -0.2) is 4.59 Å². The van der Waals surface area contributed by atoms with Crippen LogP contribution in [0, 0.1) is 0 Å². The average molecular weight is 129 g/mol. The van der Waals surface area contributed by atoms with Crippen LogP contribution in [0.1, 0.15) is 12.8 Å². The van der Waals surface area contributed by atoms with Gasteiger partial charge in [0.05, 0.1) is 20.1 Å². The molecule has 0 atom stereocenters. The minimum atomic E-state index is 1.14. The lowest BCUT2D eigenvalue weighted by atomic mass is 10.4. The Morgan fingerprint density at radius 2 is 1.56 bits per heavy atom. The van der Waals surface area contributed by atoms with E-state index in [-0.39, 0.29) is 0 Å². The lowest BCUT2D eigenvalue weighted by Crippen LogP contribution is -2.51. The van der Waals surface area contributed by atoms with Gasteiger partial charge in [0.15, 0.2) is 0 Å². The van der Waals surface area contributed by atoms with E-state index in [4.69, 9.17) is 0 Å². The van der Waals surface area contributed by atoms with Crippen molar-refractivity contribution in [1.82, 2.24) is 5.01 Å². The number of hydrogen-bond donors (Lipinski definition) is 0. The smallest absolute Gasteiger partial charge is 0.0964 e. The van der Waals surface area contributed by atoms with Crippen molar-refractivity contribution in [3.63, 3.8) is 0 Å². The monoisotopic (exact) mass is 129 g/mol. The van der Waals surface area contributed by atoms with Gasteiger partial charge in [0.1, 0.15) is 0 Å². The summed E-state index contributed by atoms with van der Waals surface area (Å²) in [7, 11) is 6.61. The van der Waals surface area contributed by atoms with Gasteiger partial charge in [-0.05, 0) is 0 Å². The molecule has 1 rings (SSSR count). The van der Waals surface area contributed by atoms with Crippen LogP contribution < -0.4 is 0 Å². The quantitative estimate of drug-likeness (QED) is 0.471. The summed E-state index contributed by atoms with van der Waals surface area (Å²) in [4.78, 5) is 0. The van der Waals surface area contributed by atoms with Gasteiger partial charge in [-0.2, -0.15) is 5.01 Å². The minimum Gasteiger partial charge on any atom is -0.246 e. The van der Waals surface area contributed by atoms with Crippen molar-refractivity contribution in [3.8, 4) is 0 Å². The Morgan fingerprint density at radius 1 is 1.11 bits per heavy atom. The molecule has 54 valence electrons. The molecule has 0 aromatic heterocycles. The van der Waals surface area contributed by atoms with Crippen LogP contribution in [0.3, 0.4) is 0 Å². The number of nitrogens with zero attached hydrogens (tertiary/aromatic N) is 2. The second kappa shape index (κ2) is 2.27. The van der Waals surface area contributed by atoms with E-state index in [0.29, 0.717) is 0 Å². The molecule has 0 aromatic rings. The first-order valence-electron chi connectivity index (χ1n) is 3.67. The van der Waals surface area contributed by atoms with Gasteiger partial charge in [0.2, 0.25) is 0 Å². The highest BCUT2D eigenvalue weighted by Gasteiger charge is 2.29. The topological polar surface area (TPSA) is 3.24 Å². The van der Waals surface area contributed by atoms with E-state index >= 15 is 0 Å². The average Bonchev–Trinajstić information content (AvgIpc) is 2.16. The van der Waals surface area contributed by atoms with Crippen molar-refractivity contribution in [2.75, 3.05) is 34.2 Å². The SMILES string of the molecule is CN(C)[N+]1(C)CCCC1. The molecule has 2 nitrogen and oxygen atoms in total. The first-order valence-corrected chi connectivity index (χ1v) is 3.67. The summed E-state index contributed by atoms with van der Waals surface area (Å²) in [5, 5.41) is 2.30. The molecule has 0 saturated carbocycles. The van der Waals surface area contributed by atoms with E-state index in [0.717, 1.165) is 4.59 Å². The van der Waals surface area contributed by atoms with Crippen LogP contribution >= 0.6 is 0 Å². The van der Waals surface area contributed by atoms with Crippen LogP contribution in [0.15, 0.2) is 0 Å². The van der Waals surface area contributed by atoms with Crippen LogP contribution in [0.25, 0.3) is 0 Å². The molecule has 0 radical (unpaired) electrons. The molecule has 9 heavy (non-hydrogen) atoms. The Bertz CT molecular complexity index is 93.1. The molecule has 1 heterocycles. The van der Waals surface area contributed by atoms with Gasteiger partial charge in [0.25, 0.3) is 0 Å². The Kier molecular flexibility index (Phi) is 1.78. The van der Waals surface area contributed by atoms with Gasteiger partial charge >= 0.3 is 0 Å². The third-order valence-corrected chi connectivity index (χ3v) is 2.50. The summed E-state index contributed by atoms with van der Waals surface area (Å²) < 4.78 is 1.14. The van der Waals surface area contributed by atoms with E-state index in [1.54, 1.807) is 0 Å². The maximum absolute atomic E-state index is 2.30. The zero-order valence-electron chi connectivity index (χ0n) is 6.72. The maximum Gasteiger partial charge on any atom is 0.0964 e. The number of rotatable bonds is 1. The fourth-order valence-electron chi connectivity index (χ4n) is 1.42. The fourth-order valence-corrected chi connectivity index (χ4v) is 1.42. The summed E-state index contributed by atoms with van der Waals surface area (Å²) in [5.41, 5.74) is 0. The minimum absolute atomic E-state index is 1.14. The first kappa shape index (κ1) is 7.03. The number of hydrogen-bond acceptors (Lipinski definition) is 1. The Hall–Kier alpha value is -0.0800. The third-order valence-electron chi connectivity index (χ3n) is 2.50. The number of quaternary nitrogens is 1. The van der Waals surface area contributed by atoms with E-state index < -0.39 is 0 Å². The van der Waals surface area contributed by atoms with Gasteiger partial charge in [0, 0.05) is 26.9 Å². The molecule has 2 heteroatoms. The maximum atomic E-state index is 2.30. The molecule has 1 fully saturated rings. The van der Waals surface area contributed by atoms with Gasteiger partial charge in [-0.15, -0.1) is 0 Å². The number of likely N-dealkylation sites (tertiary alicyclic amines) is 1. The van der Waals surface area contributed by atoms with Crippen molar-refractivity contribution >= 4 is 0 Å². The van der Waals surface area contributed by atoms with Crippen LogP contribution in [0.4, 0.5) is 0 Å². The summed E-state index contributed by atoms with van der Waals surface area (Å²) in [6, 6.07) is 0. The molecule has 1 saturated heterocycles. The summed E-state index contributed by atoms with van der Waals surface area (Å²) >= 11 is 0. The predicted octanol–water partition coefficient (Wildman–Crippen LogP) is 0.703. The Labute approximate surface area is 57.6 Å². The van der Waals surface area contributed by atoms with Crippen molar-refractivity contribution < 1.29 is 4.59 Å². The van der Waals surface area contributed by atoms with Crippen LogP contribution in [-0.2, 0) is 0 Å². The second-order valence-electron chi connectivity index (χ2n) is 3.34. The molecule has 0 N–H and O–H groups in total. The summed E-state index contributed by atoms with van der Waals surface area (Å²) in [6.45, 7) is 2.65. The van der Waals surface area contributed by atoms with E-state index in [9.17, 15) is 0 Å². The Morgan fingerprint density at radius 3 is 1.78 bits per heavy atom. The molecule has 1 aliphatic heterocycles. The highest BCUT2D eigenvalue weighted by molar-refractivity contribution is 4.47. The summed E-state index contributed by atoms with van der Waals surface area (Å²) in [5.74, 6) is 0. The van der Waals surface area contributed by atoms with E-state index in [1.165, 1.54) is 25.9 Å². The van der Waals surface area contributed by atoms with E-state index in [1.807, 2.05) is 0 Å². The lowest BCUT2D eigenvalue weighted by molar-refractivity contribution is -1.00. The predicted molar refractivity (Wildman–Crippen MR) is 38.8 cm³/mol. The molecule has 0 aromatic carbocycles. The van der Waals surface area contributed by atoms with Crippen LogP contribution in [0.2, 0.25) is 0 Å². The second-order valence-corrected chi connectivity index (χ2v) is 3.34. The summed E-state index contributed by atoms with van der Waals surface area (Å²) in [6.07, 6.45) is 2.80. The molecule has 0 aliphatic carbocycles. The highest BCUT2D eigenvalue weighted by Crippen LogP contribution is 2.16. The third kappa shape index (κ3) is 1.25.